The normalized spacial score (nSPS) is 28.4. The van der Waals surface area contributed by atoms with Crippen molar-refractivity contribution in [1.82, 2.24) is 0 Å². The van der Waals surface area contributed by atoms with Crippen LogP contribution in [0.2, 0.25) is 0 Å². The second-order valence-electron chi connectivity index (χ2n) is 7.57. The maximum atomic E-state index is 11.2. The summed E-state index contributed by atoms with van der Waals surface area (Å²) < 4.78 is 10.8. The van der Waals surface area contributed by atoms with Gasteiger partial charge in [-0.2, -0.15) is 0 Å². The van der Waals surface area contributed by atoms with Crippen molar-refractivity contribution < 1.29 is 34.7 Å². The zero-order valence-electron chi connectivity index (χ0n) is 16.0. The molecule has 27 heavy (non-hydrogen) atoms. The minimum absolute atomic E-state index is 0.191. The fourth-order valence-electron chi connectivity index (χ4n) is 2.98. The molecule has 1 aromatic rings. The lowest BCUT2D eigenvalue weighted by atomic mass is 9.99. The number of nitrogens with one attached hydrogen (secondary N) is 1. The highest BCUT2D eigenvalue weighted by Crippen LogP contribution is 2.29. The van der Waals surface area contributed by atoms with Crippen LogP contribution in [0.5, 0.6) is 5.75 Å². The Morgan fingerprint density at radius 2 is 1.81 bits per heavy atom. The molecule has 0 bridgehead atoms. The second kappa shape index (κ2) is 8.88. The van der Waals surface area contributed by atoms with Crippen molar-refractivity contribution in [3.05, 3.63) is 23.8 Å². The second-order valence-corrected chi connectivity index (χ2v) is 7.57. The number of carbonyl (C=O) groups is 1. The van der Waals surface area contributed by atoms with Crippen LogP contribution in [-0.2, 0) is 16.0 Å². The summed E-state index contributed by atoms with van der Waals surface area (Å²) in [4.78, 5) is 11.2. The molecule has 5 atom stereocenters. The zero-order chi connectivity index (χ0) is 20.3. The van der Waals surface area contributed by atoms with Crippen LogP contribution in [0.1, 0.15) is 33.3 Å². The van der Waals surface area contributed by atoms with Gasteiger partial charge in [0.1, 0.15) is 24.1 Å². The van der Waals surface area contributed by atoms with Crippen LogP contribution in [0.25, 0.3) is 0 Å². The van der Waals surface area contributed by atoms with E-state index in [4.69, 9.17) is 14.6 Å². The predicted molar refractivity (Wildman–Crippen MR) is 98.7 cm³/mol. The van der Waals surface area contributed by atoms with Gasteiger partial charge in [-0.1, -0.05) is 19.9 Å². The average Bonchev–Trinajstić information content (AvgIpc) is 2.56. The molecule has 0 unspecified atom stereocenters. The molecule has 8 heteroatoms. The Kier molecular flexibility index (Phi) is 7.05. The van der Waals surface area contributed by atoms with E-state index in [1.807, 2.05) is 19.9 Å². The van der Waals surface area contributed by atoms with Gasteiger partial charge in [-0.15, -0.1) is 0 Å². The Balaban J connectivity index is 2.23. The van der Waals surface area contributed by atoms with E-state index in [1.165, 1.54) is 0 Å². The summed E-state index contributed by atoms with van der Waals surface area (Å²) in [6.45, 7) is 8.26. The summed E-state index contributed by atoms with van der Waals surface area (Å²) >= 11 is 0. The Morgan fingerprint density at radius 3 is 2.37 bits per heavy atom. The third-order valence-corrected chi connectivity index (χ3v) is 4.22. The molecule has 0 amide bonds. The first-order chi connectivity index (χ1) is 12.6. The molecular weight excluding hydrogens is 354 g/mol. The molecule has 1 heterocycles. The quantitative estimate of drug-likeness (QED) is 0.471. The van der Waals surface area contributed by atoms with Crippen LogP contribution >= 0.6 is 0 Å². The summed E-state index contributed by atoms with van der Waals surface area (Å²) in [6.07, 6.45) is -7.28. The van der Waals surface area contributed by atoms with Crippen LogP contribution in [0.4, 0.5) is 5.69 Å². The summed E-state index contributed by atoms with van der Waals surface area (Å²) in [5, 5.41) is 42.2. The molecule has 1 aliphatic heterocycles. The molecule has 0 saturated carbocycles. The molecule has 1 saturated heterocycles. The molecule has 0 radical (unpaired) electrons. The monoisotopic (exact) mass is 383 g/mol. The van der Waals surface area contributed by atoms with Crippen molar-refractivity contribution in [3.63, 3.8) is 0 Å². The number of aliphatic hydroxyl groups is 3. The molecule has 0 aliphatic carbocycles. The number of aliphatic hydroxyl groups excluding tert-OH is 3. The molecule has 2 rings (SSSR count). The standard InChI is InChI=1S/C19H29NO7/c1-9(2)7-11-5-6-12(8-13(11)20-10(3)4)26-19-16(23)14(21)15(22)17(27-19)18(24)25/h5-6,8-10,14-17,19-23H,7H2,1-4H3,(H,24,25)/t14-,15-,16+,17-,19+/m0/s1. The van der Waals surface area contributed by atoms with Gasteiger partial charge in [0, 0.05) is 17.8 Å². The fourth-order valence-corrected chi connectivity index (χ4v) is 2.98. The molecule has 0 aromatic heterocycles. The fraction of sp³-hybridized carbons (Fsp3) is 0.632. The number of rotatable bonds is 7. The van der Waals surface area contributed by atoms with E-state index in [1.54, 1.807) is 12.1 Å². The first-order valence-electron chi connectivity index (χ1n) is 9.08. The lowest BCUT2D eigenvalue weighted by Crippen LogP contribution is -2.61. The van der Waals surface area contributed by atoms with Crippen molar-refractivity contribution in [3.8, 4) is 5.75 Å². The van der Waals surface area contributed by atoms with E-state index < -0.39 is 36.7 Å². The minimum Gasteiger partial charge on any atom is -0.479 e. The van der Waals surface area contributed by atoms with Crippen LogP contribution in [-0.4, -0.2) is 63.1 Å². The summed E-state index contributed by atoms with van der Waals surface area (Å²) in [6, 6.07) is 5.54. The van der Waals surface area contributed by atoms with E-state index in [0.717, 1.165) is 17.7 Å². The molecule has 1 aromatic carbocycles. The molecule has 152 valence electrons. The van der Waals surface area contributed by atoms with Gasteiger partial charge in [-0.25, -0.2) is 4.79 Å². The van der Waals surface area contributed by atoms with Gasteiger partial charge in [0.15, 0.2) is 6.10 Å². The molecule has 1 fully saturated rings. The largest absolute Gasteiger partial charge is 0.479 e. The number of carboxylic acids is 1. The highest BCUT2D eigenvalue weighted by atomic mass is 16.7. The molecule has 8 nitrogen and oxygen atoms in total. The topological polar surface area (TPSA) is 128 Å². The molecule has 0 spiro atoms. The lowest BCUT2D eigenvalue weighted by molar-refractivity contribution is -0.271. The molecule has 1 aliphatic rings. The maximum absolute atomic E-state index is 11.2. The van der Waals surface area contributed by atoms with Crippen molar-refractivity contribution in [1.29, 1.82) is 0 Å². The highest BCUT2D eigenvalue weighted by Gasteiger charge is 2.48. The van der Waals surface area contributed by atoms with E-state index in [-0.39, 0.29) is 6.04 Å². The Labute approximate surface area is 158 Å². The third-order valence-electron chi connectivity index (χ3n) is 4.22. The SMILES string of the molecule is CC(C)Cc1ccc(O[C@@H]2O[C@H](C(=O)O)[C@@H](O)[C@H](O)[C@H]2O)cc1NC(C)C. The lowest BCUT2D eigenvalue weighted by Gasteiger charge is -2.38. The van der Waals surface area contributed by atoms with E-state index in [0.29, 0.717) is 11.7 Å². The maximum Gasteiger partial charge on any atom is 0.335 e. The number of anilines is 1. The summed E-state index contributed by atoms with van der Waals surface area (Å²) in [5.74, 6) is -0.639. The average molecular weight is 383 g/mol. The summed E-state index contributed by atoms with van der Waals surface area (Å²) in [5.41, 5.74) is 1.98. The predicted octanol–water partition coefficient (Wildman–Crippen LogP) is 0.976. The van der Waals surface area contributed by atoms with Crippen LogP contribution in [0.3, 0.4) is 0 Å². The molecular formula is C19H29NO7. The zero-order valence-corrected chi connectivity index (χ0v) is 16.0. The number of carboxylic acid groups (broad SMARTS) is 1. The van der Waals surface area contributed by atoms with Crippen LogP contribution in [0, 0.1) is 5.92 Å². The van der Waals surface area contributed by atoms with Gasteiger partial charge in [0.25, 0.3) is 0 Å². The van der Waals surface area contributed by atoms with Gasteiger partial charge < -0.3 is 35.2 Å². The van der Waals surface area contributed by atoms with Gasteiger partial charge in [0.05, 0.1) is 0 Å². The Bertz CT molecular complexity index is 649. The van der Waals surface area contributed by atoms with Gasteiger partial charge in [-0.05, 0) is 37.8 Å². The van der Waals surface area contributed by atoms with Gasteiger partial charge in [0.2, 0.25) is 6.29 Å². The Morgan fingerprint density at radius 1 is 1.15 bits per heavy atom. The van der Waals surface area contributed by atoms with Crippen LogP contribution < -0.4 is 10.1 Å². The molecule has 5 N–H and O–H groups in total. The van der Waals surface area contributed by atoms with Gasteiger partial charge >= 0.3 is 5.97 Å². The first kappa shape index (κ1) is 21.4. The van der Waals surface area contributed by atoms with E-state index in [9.17, 15) is 20.1 Å². The van der Waals surface area contributed by atoms with Crippen LogP contribution in [0.15, 0.2) is 18.2 Å². The number of benzene rings is 1. The van der Waals surface area contributed by atoms with Crippen molar-refractivity contribution in [2.75, 3.05) is 5.32 Å². The number of hydrogen-bond donors (Lipinski definition) is 5. The number of ether oxygens (including phenoxy) is 2. The van der Waals surface area contributed by atoms with Crippen molar-refractivity contribution >= 4 is 11.7 Å². The van der Waals surface area contributed by atoms with E-state index in [2.05, 4.69) is 19.2 Å². The van der Waals surface area contributed by atoms with Crippen molar-refractivity contribution in [2.24, 2.45) is 5.92 Å². The minimum atomic E-state index is -1.75. The number of aliphatic carboxylic acids is 1. The van der Waals surface area contributed by atoms with E-state index >= 15 is 0 Å². The number of hydrogen-bond acceptors (Lipinski definition) is 7. The van der Waals surface area contributed by atoms with Gasteiger partial charge in [-0.3, -0.25) is 0 Å². The van der Waals surface area contributed by atoms with Crippen molar-refractivity contribution in [2.45, 2.75) is 70.9 Å². The summed E-state index contributed by atoms with van der Waals surface area (Å²) in [7, 11) is 0. The first-order valence-corrected chi connectivity index (χ1v) is 9.08. The Hall–Kier alpha value is -1.87. The smallest absolute Gasteiger partial charge is 0.335 e. The third kappa shape index (κ3) is 5.32. The highest BCUT2D eigenvalue weighted by molar-refractivity contribution is 5.73.